The van der Waals surface area contributed by atoms with Crippen molar-refractivity contribution in [1.29, 1.82) is 0 Å². The Balaban J connectivity index is 1.56. The summed E-state index contributed by atoms with van der Waals surface area (Å²) in [5, 5.41) is 19.7. The highest BCUT2D eigenvalue weighted by Crippen LogP contribution is 2.48. The first-order chi connectivity index (χ1) is 10.1. The maximum Gasteiger partial charge on any atom is 0.315 e. The van der Waals surface area contributed by atoms with Crippen LogP contribution in [0.2, 0.25) is 0 Å². The van der Waals surface area contributed by atoms with E-state index in [2.05, 4.69) is 15.7 Å². The van der Waals surface area contributed by atoms with Crippen LogP contribution < -0.4 is 10.6 Å². The average Bonchev–Trinajstić information content (AvgIpc) is 3.13. The van der Waals surface area contributed by atoms with Crippen molar-refractivity contribution in [3.8, 4) is 0 Å². The van der Waals surface area contributed by atoms with Crippen LogP contribution in [0.4, 0.5) is 4.79 Å². The molecule has 6 nitrogen and oxygen atoms in total. The lowest BCUT2D eigenvalue weighted by Gasteiger charge is -2.30. The Bertz CT molecular complexity index is 516. The van der Waals surface area contributed by atoms with Crippen molar-refractivity contribution >= 4 is 6.03 Å². The highest BCUT2D eigenvalue weighted by molar-refractivity contribution is 5.74. The van der Waals surface area contributed by atoms with E-state index >= 15 is 0 Å². The van der Waals surface area contributed by atoms with Crippen LogP contribution >= 0.6 is 0 Å². The number of carbonyl (C=O) groups is 1. The predicted octanol–water partition coefficient (Wildman–Crippen LogP) is 1.19. The van der Waals surface area contributed by atoms with Crippen molar-refractivity contribution in [1.82, 2.24) is 20.4 Å². The van der Waals surface area contributed by atoms with Gasteiger partial charge in [0.2, 0.25) is 0 Å². The van der Waals surface area contributed by atoms with Crippen LogP contribution in [0.3, 0.4) is 0 Å². The van der Waals surface area contributed by atoms with Gasteiger partial charge in [0.05, 0.1) is 12.2 Å². The molecular formula is C15H24N4O2. The van der Waals surface area contributed by atoms with Crippen LogP contribution in [0.1, 0.15) is 37.8 Å². The van der Waals surface area contributed by atoms with Crippen molar-refractivity contribution in [3.63, 3.8) is 0 Å². The topological polar surface area (TPSA) is 79.2 Å². The van der Waals surface area contributed by atoms with E-state index in [9.17, 15) is 9.90 Å². The average molecular weight is 292 g/mol. The summed E-state index contributed by atoms with van der Waals surface area (Å²) in [4.78, 5) is 12.2. The van der Waals surface area contributed by atoms with E-state index in [4.69, 9.17) is 0 Å². The molecule has 0 aromatic carbocycles. The zero-order chi connectivity index (χ0) is 15.0. The SMILES string of the molecule is CC(NC(=O)NC1C2CCC(C2)C1CO)c1cnn(C)c1. The Morgan fingerprint density at radius 3 is 2.95 bits per heavy atom. The summed E-state index contributed by atoms with van der Waals surface area (Å²) in [5.41, 5.74) is 0.985. The number of urea groups is 1. The summed E-state index contributed by atoms with van der Waals surface area (Å²) in [6.45, 7) is 2.12. The van der Waals surface area contributed by atoms with Gasteiger partial charge in [0, 0.05) is 37.4 Å². The van der Waals surface area contributed by atoms with Gasteiger partial charge in [0.15, 0.2) is 0 Å². The summed E-state index contributed by atoms with van der Waals surface area (Å²) >= 11 is 0. The second kappa shape index (κ2) is 5.67. The molecule has 0 radical (unpaired) electrons. The summed E-state index contributed by atoms with van der Waals surface area (Å²) < 4.78 is 1.73. The van der Waals surface area contributed by atoms with Crippen LogP contribution in [-0.2, 0) is 7.05 Å². The van der Waals surface area contributed by atoms with Gasteiger partial charge in [-0.15, -0.1) is 0 Å². The first-order valence-corrected chi connectivity index (χ1v) is 7.75. The van der Waals surface area contributed by atoms with Gasteiger partial charge in [-0.1, -0.05) is 0 Å². The lowest BCUT2D eigenvalue weighted by Crippen LogP contribution is -2.49. The Labute approximate surface area is 124 Å². The van der Waals surface area contributed by atoms with E-state index in [1.165, 1.54) is 12.8 Å². The normalized spacial score (nSPS) is 32.1. The minimum absolute atomic E-state index is 0.0788. The number of aryl methyl sites for hydroxylation is 1. The number of aliphatic hydroxyl groups is 1. The fraction of sp³-hybridized carbons (Fsp3) is 0.733. The standard InChI is InChI=1S/C15H24N4O2/c1-9(12-6-16-19(2)7-12)17-15(21)18-14-11-4-3-10(5-11)13(14)8-20/h6-7,9-11,13-14,20H,3-5,8H2,1-2H3,(H2,17,18,21). The van der Waals surface area contributed by atoms with Gasteiger partial charge < -0.3 is 15.7 Å². The van der Waals surface area contributed by atoms with Gasteiger partial charge in [0.25, 0.3) is 0 Å². The molecule has 5 unspecified atom stereocenters. The predicted molar refractivity (Wildman–Crippen MR) is 78.5 cm³/mol. The number of rotatable bonds is 4. The van der Waals surface area contributed by atoms with Gasteiger partial charge in [-0.2, -0.15) is 5.10 Å². The molecule has 2 fully saturated rings. The van der Waals surface area contributed by atoms with E-state index in [0.29, 0.717) is 11.8 Å². The summed E-state index contributed by atoms with van der Waals surface area (Å²) in [6.07, 6.45) is 7.18. The third kappa shape index (κ3) is 2.77. The maximum absolute atomic E-state index is 12.2. The molecule has 1 aromatic rings. The molecule has 1 aromatic heterocycles. The van der Waals surface area contributed by atoms with Crippen molar-refractivity contribution in [3.05, 3.63) is 18.0 Å². The minimum atomic E-state index is -0.151. The highest BCUT2D eigenvalue weighted by Gasteiger charge is 2.47. The summed E-state index contributed by atoms with van der Waals surface area (Å²) in [6, 6.07) is -0.109. The van der Waals surface area contributed by atoms with Gasteiger partial charge in [-0.3, -0.25) is 4.68 Å². The fourth-order valence-electron chi connectivity index (χ4n) is 4.03. The molecule has 5 atom stereocenters. The van der Waals surface area contributed by atoms with Crippen LogP contribution in [0.25, 0.3) is 0 Å². The minimum Gasteiger partial charge on any atom is -0.396 e. The second-order valence-corrected chi connectivity index (χ2v) is 6.49. The Morgan fingerprint density at radius 2 is 2.29 bits per heavy atom. The molecule has 2 aliphatic carbocycles. The third-order valence-corrected chi connectivity index (χ3v) is 5.17. The molecular weight excluding hydrogens is 268 g/mol. The van der Waals surface area contributed by atoms with Gasteiger partial charge >= 0.3 is 6.03 Å². The molecule has 2 amide bonds. The highest BCUT2D eigenvalue weighted by atomic mass is 16.3. The van der Waals surface area contributed by atoms with Crippen LogP contribution in [-0.4, -0.2) is 33.6 Å². The van der Waals surface area contributed by atoms with Crippen LogP contribution in [0, 0.1) is 17.8 Å². The number of carbonyl (C=O) groups excluding carboxylic acids is 1. The molecule has 3 rings (SSSR count). The molecule has 116 valence electrons. The number of aliphatic hydroxyl groups excluding tert-OH is 1. The lowest BCUT2D eigenvalue weighted by molar-refractivity contribution is 0.144. The van der Waals surface area contributed by atoms with Gasteiger partial charge in [-0.25, -0.2) is 4.79 Å². The van der Waals surface area contributed by atoms with Crippen LogP contribution in [0.5, 0.6) is 0 Å². The smallest absolute Gasteiger partial charge is 0.315 e. The molecule has 3 N–H and O–H groups in total. The quantitative estimate of drug-likeness (QED) is 0.780. The first kappa shape index (κ1) is 14.4. The molecule has 21 heavy (non-hydrogen) atoms. The summed E-state index contributed by atoms with van der Waals surface area (Å²) in [7, 11) is 1.86. The number of hydrogen-bond acceptors (Lipinski definition) is 3. The molecule has 2 bridgehead atoms. The Hall–Kier alpha value is -1.56. The van der Waals surface area contributed by atoms with E-state index in [-0.39, 0.29) is 30.6 Å². The van der Waals surface area contributed by atoms with E-state index < -0.39 is 0 Å². The molecule has 0 spiro atoms. The number of hydrogen-bond donors (Lipinski definition) is 3. The number of nitrogens with one attached hydrogen (secondary N) is 2. The van der Waals surface area contributed by atoms with E-state index in [1.807, 2.05) is 20.2 Å². The van der Waals surface area contributed by atoms with Crippen molar-refractivity contribution in [2.45, 2.75) is 38.3 Å². The van der Waals surface area contributed by atoms with E-state index in [1.54, 1.807) is 10.9 Å². The molecule has 2 saturated carbocycles. The first-order valence-electron chi connectivity index (χ1n) is 7.75. The molecule has 0 saturated heterocycles. The second-order valence-electron chi connectivity index (χ2n) is 6.49. The molecule has 2 aliphatic rings. The molecule has 6 heteroatoms. The third-order valence-electron chi connectivity index (χ3n) is 5.17. The largest absolute Gasteiger partial charge is 0.396 e. The number of amides is 2. The Kier molecular flexibility index (Phi) is 3.89. The summed E-state index contributed by atoms with van der Waals surface area (Å²) in [5.74, 6) is 1.34. The number of fused-ring (bicyclic) bond motifs is 2. The van der Waals surface area contributed by atoms with Gasteiger partial charge in [0.1, 0.15) is 0 Å². The molecule has 0 aliphatic heterocycles. The van der Waals surface area contributed by atoms with Gasteiger partial charge in [-0.05, 0) is 38.0 Å². The zero-order valence-electron chi connectivity index (χ0n) is 12.6. The molecule has 1 heterocycles. The monoisotopic (exact) mass is 292 g/mol. The number of nitrogens with zero attached hydrogens (tertiary/aromatic N) is 2. The van der Waals surface area contributed by atoms with Crippen molar-refractivity contribution in [2.75, 3.05) is 6.61 Å². The van der Waals surface area contributed by atoms with Crippen molar-refractivity contribution in [2.24, 2.45) is 24.8 Å². The fourth-order valence-corrected chi connectivity index (χ4v) is 4.03. The van der Waals surface area contributed by atoms with Crippen molar-refractivity contribution < 1.29 is 9.90 Å². The van der Waals surface area contributed by atoms with Crippen LogP contribution in [0.15, 0.2) is 12.4 Å². The maximum atomic E-state index is 12.2. The number of aromatic nitrogens is 2. The lowest BCUT2D eigenvalue weighted by atomic mass is 9.85. The Morgan fingerprint density at radius 1 is 1.52 bits per heavy atom. The zero-order valence-corrected chi connectivity index (χ0v) is 12.6. The van der Waals surface area contributed by atoms with E-state index in [0.717, 1.165) is 12.0 Å².